The molecule has 13 heteroatoms. The second kappa shape index (κ2) is 10.4. The van der Waals surface area contributed by atoms with Crippen molar-refractivity contribution < 1.29 is 33.3 Å². The number of likely N-dealkylation sites (N-methyl/N-ethyl adjacent to an activating group) is 1. The molecule has 0 aromatic carbocycles. The van der Waals surface area contributed by atoms with Crippen LogP contribution in [0.1, 0.15) is 53.7 Å². The van der Waals surface area contributed by atoms with Gasteiger partial charge in [0.05, 0.1) is 12.7 Å². The standard InChI is InChI=1S/C22H32N6O7/c1-7-32-14(30)9-8-13-15(27(6)21(31)35-22(3,4)5)17(33-12(2)29)20(34-13)28-11-26-19-16(28)18(23)24-10-25-19/h10-11,13,15,17,20H,7-9H2,1-6H3,(H2,23,24,25)/t13-,15+,17-,20-/m1/s1. The Balaban J connectivity index is 2.02. The van der Waals surface area contributed by atoms with Crippen molar-refractivity contribution in [2.45, 2.75) is 77.5 Å². The Morgan fingerprint density at radius 2 is 1.94 bits per heavy atom. The van der Waals surface area contributed by atoms with Crippen molar-refractivity contribution in [1.29, 1.82) is 0 Å². The van der Waals surface area contributed by atoms with Crippen molar-refractivity contribution in [2.24, 2.45) is 0 Å². The van der Waals surface area contributed by atoms with Crippen LogP contribution in [0.25, 0.3) is 11.2 Å². The van der Waals surface area contributed by atoms with Crippen LogP contribution >= 0.6 is 0 Å². The molecule has 13 nitrogen and oxygen atoms in total. The minimum absolute atomic E-state index is 0.0343. The molecular formula is C22H32N6O7. The van der Waals surface area contributed by atoms with E-state index in [9.17, 15) is 14.4 Å². The first kappa shape index (κ1) is 26.1. The maximum Gasteiger partial charge on any atom is 0.410 e. The van der Waals surface area contributed by atoms with Crippen LogP contribution in [0, 0.1) is 0 Å². The van der Waals surface area contributed by atoms with Crippen molar-refractivity contribution in [2.75, 3.05) is 19.4 Å². The second-order valence-electron chi connectivity index (χ2n) is 9.15. The van der Waals surface area contributed by atoms with E-state index >= 15 is 0 Å². The lowest BCUT2D eigenvalue weighted by Crippen LogP contribution is -2.51. The van der Waals surface area contributed by atoms with Gasteiger partial charge in [0.25, 0.3) is 0 Å². The predicted molar refractivity (Wildman–Crippen MR) is 123 cm³/mol. The van der Waals surface area contributed by atoms with Gasteiger partial charge in [0, 0.05) is 20.4 Å². The van der Waals surface area contributed by atoms with Crippen molar-refractivity contribution in [3.05, 3.63) is 12.7 Å². The highest BCUT2D eigenvalue weighted by Crippen LogP contribution is 2.39. The van der Waals surface area contributed by atoms with Gasteiger partial charge in [0.1, 0.15) is 29.8 Å². The number of fused-ring (bicyclic) bond motifs is 1. The molecule has 1 saturated heterocycles. The second-order valence-corrected chi connectivity index (χ2v) is 9.15. The SMILES string of the molecule is CCOC(=O)CC[C@H]1O[C@@H](n2cnc3ncnc(N)c32)[C@H](OC(C)=O)[C@H]1N(C)C(=O)OC(C)(C)C. The van der Waals surface area contributed by atoms with Gasteiger partial charge < -0.3 is 29.6 Å². The van der Waals surface area contributed by atoms with E-state index in [4.69, 9.17) is 24.7 Å². The number of ether oxygens (including phenoxy) is 4. The Hall–Kier alpha value is -3.48. The Labute approximate surface area is 202 Å². The average Bonchev–Trinajstić information content (AvgIpc) is 3.32. The predicted octanol–water partition coefficient (Wildman–Crippen LogP) is 1.82. The summed E-state index contributed by atoms with van der Waals surface area (Å²) in [6.45, 7) is 8.45. The maximum absolute atomic E-state index is 13.0. The fourth-order valence-corrected chi connectivity index (χ4v) is 4.01. The first-order chi connectivity index (χ1) is 16.4. The normalized spacial score (nSPS) is 22.1. The Morgan fingerprint density at radius 1 is 1.23 bits per heavy atom. The third kappa shape index (κ3) is 5.96. The van der Waals surface area contributed by atoms with Crippen LogP contribution in [0.3, 0.4) is 0 Å². The summed E-state index contributed by atoms with van der Waals surface area (Å²) in [4.78, 5) is 50.9. The van der Waals surface area contributed by atoms with E-state index in [1.54, 1.807) is 32.3 Å². The number of amides is 1. The van der Waals surface area contributed by atoms with Crippen molar-refractivity contribution in [3.8, 4) is 0 Å². The summed E-state index contributed by atoms with van der Waals surface area (Å²) < 4.78 is 24.1. The van der Waals surface area contributed by atoms with Crippen molar-refractivity contribution in [3.63, 3.8) is 0 Å². The van der Waals surface area contributed by atoms with E-state index in [2.05, 4.69) is 15.0 Å². The van der Waals surface area contributed by atoms with E-state index in [-0.39, 0.29) is 25.3 Å². The number of hydrogen-bond donors (Lipinski definition) is 1. The summed E-state index contributed by atoms with van der Waals surface area (Å²) in [5, 5.41) is 0. The minimum atomic E-state index is -0.978. The largest absolute Gasteiger partial charge is 0.466 e. The minimum Gasteiger partial charge on any atom is -0.466 e. The van der Waals surface area contributed by atoms with Crippen LogP contribution in [0.5, 0.6) is 0 Å². The van der Waals surface area contributed by atoms with Gasteiger partial charge in [-0.3, -0.25) is 14.2 Å². The maximum atomic E-state index is 13.0. The highest BCUT2D eigenvalue weighted by atomic mass is 16.6. The van der Waals surface area contributed by atoms with Gasteiger partial charge >= 0.3 is 18.0 Å². The van der Waals surface area contributed by atoms with Gasteiger partial charge in [-0.05, 0) is 34.1 Å². The molecule has 0 saturated carbocycles. The van der Waals surface area contributed by atoms with Crippen LogP contribution in [-0.4, -0.2) is 80.0 Å². The van der Waals surface area contributed by atoms with Gasteiger partial charge in [0.2, 0.25) is 0 Å². The third-order valence-corrected chi connectivity index (χ3v) is 5.35. The van der Waals surface area contributed by atoms with E-state index in [0.717, 1.165) is 0 Å². The van der Waals surface area contributed by atoms with Crippen LogP contribution in [0.15, 0.2) is 12.7 Å². The lowest BCUT2D eigenvalue weighted by atomic mass is 10.0. The summed E-state index contributed by atoms with van der Waals surface area (Å²) in [7, 11) is 1.53. The van der Waals surface area contributed by atoms with Gasteiger partial charge in [-0.2, -0.15) is 0 Å². The number of carbonyl (C=O) groups excluding carboxylic acids is 3. The Morgan fingerprint density at radius 3 is 2.57 bits per heavy atom. The van der Waals surface area contributed by atoms with Crippen LogP contribution in [0.2, 0.25) is 0 Å². The number of esters is 2. The molecule has 0 spiro atoms. The van der Waals surface area contributed by atoms with Gasteiger partial charge in [-0.1, -0.05) is 0 Å². The van der Waals surface area contributed by atoms with Gasteiger partial charge in [0.15, 0.2) is 23.8 Å². The monoisotopic (exact) mass is 492 g/mol. The summed E-state index contributed by atoms with van der Waals surface area (Å²) in [6.07, 6.45) is -0.285. The number of imidazole rings is 1. The highest BCUT2D eigenvalue weighted by Gasteiger charge is 2.51. The molecule has 0 aliphatic carbocycles. The zero-order chi connectivity index (χ0) is 25.9. The lowest BCUT2D eigenvalue weighted by Gasteiger charge is -2.33. The first-order valence-electron chi connectivity index (χ1n) is 11.3. The lowest BCUT2D eigenvalue weighted by molar-refractivity contribution is -0.154. The molecule has 192 valence electrons. The summed E-state index contributed by atoms with van der Waals surface area (Å²) in [5.41, 5.74) is 6.03. The van der Waals surface area contributed by atoms with E-state index in [1.165, 1.54) is 31.5 Å². The molecule has 3 heterocycles. The molecule has 2 N–H and O–H groups in total. The van der Waals surface area contributed by atoms with Gasteiger partial charge in [-0.25, -0.2) is 19.7 Å². The number of carbonyl (C=O) groups is 3. The summed E-state index contributed by atoms with van der Waals surface area (Å²) in [5.74, 6) is -0.830. The molecule has 2 aromatic heterocycles. The molecule has 4 atom stereocenters. The van der Waals surface area contributed by atoms with E-state index in [0.29, 0.717) is 11.2 Å². The molecule has 1 amide bonds. The molecule has 1 fully saturated rings. The topological polar surface area (TPSA) is 161 Å². The smallest absolute Gasteiger partial charge is 0.410 e. The number of nitrogens with zero attached hydrogens (tertiary/aromatic N) is 5. The Kier molecular flexibility index (Phi) is 7.78. The van der Waals surface area contributed by atoms with E-state index in [1.807, 2.05) is 0 Å². The number of hydrogen-bond acceptors (Lipinski definition) is 11. The molecule has 1 aliphatic rings. The molecule has 35 heavy (non-hydrogen) atoms. The van der Waals surface area contributed by atoms with E-state index < -0.39 is 48.1 Å². The number of aromatic nitrogens is 4. The number of rotatable bonds is 7. The molecule has 0 radical (unpaired) electrons. The Bertz CT molecular complexity index is 1080. The number of nitrogen functional groups attached to an aromatic ring is 1. The van der Waals surface area contributed by atoms with Gasteiger partial charge in [-0.15, -0.1) is 0 Å². The molecule has 3 rings (SSSR count). The zero-order valence-electron chi connectivity index (χ0n) is 20.8. The fraction of sp³-hybridized carbons (Fsp3) is 0.636. The van der Waals surface area contributed by atoms with Crippen molar-refractivity contribution >= 4 is 35.0 Å². The zero-order valence-corrected chi connectivity index (χ0v) is 20.8. The fourth-order valence-electron chi connectivity index (χ4n) is 4.01. The number of anilines is 1. The summed E-state index contributed by atoms with van der Waals surface area (Å²) >= 11 is 0. The third-order valence-electron chi connectivity index (χ3n) is 5.35. The molecule has 0 bridgehead atoms. The molecule has 0 unspecified atom stereocenters. The quantitative estimate of drug-likeness (QED) is 0.443. The molecule has 1 aliphatic heterocycles. The average molecular weight is 493 g/mol. The van der Waals surface area contributed by atoms with Crippen molar-refractivity contribution in [1.82, 2.24) is 24.4 Å². The highest BCUT2D eigenvalue weighted by molar-refractivity contribution is 5.81. The van der Waals surface area contributed by atoms with Crippen LogP contribution in [0.4, 0.5) is 10.6 Å². The summed E-state index contributed by atoms with van der Waals surface area (Å²) in [6, 6.07) is -0.795. The molecule has 2 aromatic rings. The van der Waals surface area contributed by atoms with Crippen LogP contribution < -0.4 is 5.73 Å². The molecular weight excluding hydrogens is 460 g/mol. The first-order valence-corrected chi connectivity index (χ1v) is 11.3. The number of nitrogens with two attached hydrogens (primary N) is 1. The van der Waals surface area contributed by atoms with Crippen LogP contribution in [-0.2, 0) is 28.5 Å².